The molecule has 2 spiro atoms. The molecule has 0 saturated heterocycles. The van der Waals surface area contributed by atoms with Crippen molar-refractivity contribution in [3.8, 4) is 0 Å². The van der Waals surface area contributed by atoms with Crippen LogP contribution >= 0.6 is 0 Å². The van der Waals surface area contributed by atoms with Crippen LogP contribution < -0.4 is 0 Å². The molecule has 0 radical (unpaired) electrons. The molecule has 5 saturated carbocycles. The summed E-state index contributed by atoms with van der Waals surface area (Å²) in [6, 6.07) is 0. The first-order valence-electron chi connectivity index (χ1n) is 21.8. The van der Waals surface area contributed by atoms with Gasteiger partial charge in [-0.25, -0.2) is 0 Å². The van der Waals surface area contributed by atoms with Crippen LogP contribution in [0, 0.1) is 51.2 Å². The topological polar surface area (TPSA) is 46.5 Å². The molecule has 5 aliphatic carbocycles. The summed E-state index contributed by atoms with van der Waals surface area (Å²) in [5.41, 5.74) is 3.20. The molecule has 5 fully saturated rings. The van der Waals surface area contributed by atoms with Gasteiger partial charge in [0, 0.05) is 11.8 Å². The lowest BCUT2D eigenvalue weighted by atomic mass is 9.46. The Kier molecular flexibility index (Phi) is 13.7. The summed E-state index contributed by atoms with van der Waals surface area (Å²) in [6.07, 6.45) is 36.1. The third-order valence-corrected chi connectivity index (χ3v) is 16.0. The summed E-state index contributed by atoms with van der Waals surface area (Å²) >= 11 is 0. The number of allylic oxidation sites excluding steroid dienone is 4. The normalized spacial score (nSPS) is 36.2. The van der Waals surface area contributed by atoms with Crippen LogP contribution in [0.15, 0.2) is 36.5 Å². The third kappa shape index (κ3) is 8.39. The predicted octanol–water partition coefficient (Wildman–Crippen LogP) is 13.1. The largest absolute Gasteiger partial charge is 0.462 e. The van der Waals surface area contributed by atoms with E-state index in [-0.39, 0.29) is 23.6 Å². The highest BCUT2D eigenvalue weighted by Gasteiger charge is 2.80. The second kappa shape index (κ2) is 17.2. The van der Waals surface area contributed by atoms with Crippen LogP contribution in [0.4, 0.5) is 0 Å². The minimum absolute atomic E-state index is 0.0484. The lowest BCUT2D eigenvalue weighted by Gasteiger charge is -2.59. The number of carbonyl (C=O) groups excluding carboxylic acids is 1. The van der Waals surface area contributed by atoms with E-state index in [2.05, 4.69) is 60.3 Å². The first-order chi connectivity index (χ1) is 23.9. The van der Waals surface area contributed by atoms with Crippen LogP contribution in [0.5, 0.6) is 0 Å². The summed E-state index contributed by atoms with van der Waals surface area (Å²) in [4.78, 5) is 13.1. The van der Waals surface area contributed by atoms with Gasteiger partial charge in [0.2, 0.25) is 0 Å². The van der Waals surface area contributed by atoms with Gasteiger partial charge in [0.15, 0.2) is 0 Å². The van der Waals surface area contributed by atoms with Crippen molar-refractivity contribution in [3.05, 3.63) is 36.5 Å². The van der Waals surface area contributed by atoms with Gasteiger partial charge in [-0.2, -0.15) is 0 Å². The maximum absolute atomic E-state index is 13.1. The number of hydrogen-bond donors (Lipinski definition) is 1. The molecular formula is C47H78O3. The van der Waals surface area contributed by atoms with Crippen molar-refractivity contribution in [3.63, 3.8) is 0 Å². The summed E-state index contributed by atoms with van der Waals surface area (Å²) < 4.78 is 6.37. The van der Waals surface area contributed by atoms with E-state index in [4.69, 9.17) is 4.74 Å². The van der Waals surface area contributed by atoms with Crippen molar-refractivity contribution < 1.29 is 14.6 Å². The molecule has 5 aliphatic rings. The molecule has 0 unspecified atom stereocenters. The number of ether oxygens (including phenoxy) is 1. The number of fused-ring (bicyclic) bond motifs is 2. The minimum Gasteiger partial charge on any atom is -0.462 e. The molecule has 0 aliphatic heterocycles. The summed E-state index contributed by atoms with van der Waals surface area (Å²) in [5.74, 6) is 4.17. The van der Waals surface area contributed by atoms with Crippen molar-refractivity contribution in [2.75, 3.05) is 0 Å². The molecule has 5 rings (SSSR count). The van der Waals surface area contributed by atoms with Gasteiger partial charge in [-0.3, -0.25) is 4.79 Å². The molecule has 0 heterocycles. The minimum atomic E-state index is -0.311. The smallest absolute Gasteiger partial charge is 0.306 e. The fourth-order valence-corrected chi connectivity index (χ4v) is 12.9. The van der Waals surface area contributed by atoms with E-state index in [0.717, 1.165) is 56.3 Å². The maximum Gasteiger partial charge on any atom is 0.306 e. The Morgan fingerprint density at radius 2 is 1.60 bits per heavy atom. The number of rotatable bonds is 20. The van der Waals surface area contributed by atoms with E-state index in [1.165, 1.54) is 108 Å². The molecule has 0 aromatic carbocycles. The Labute approximate surface area is 308 Å². The van der Waals surface area contributed by atoms with Gasteiger partial charge in [-0.05, 0) is 149 Å². The number of hydrogen-bond acceptors (Lipinski definition) is 3. The monoisotopic (exact) mass is 691 g/mol. The van der Waals surface area contributed by atoms with Gasteiger partial charge < -0.3 is 9.84 Å². The molecule has 3 nitrogen and oxygen atoms in total. The van der Waals surface area contributed by atoms with Crippen LogP contribution in [0.25, 0.3) is 0 Å². The fourth-order valence-electron chi connectivity index (χ4n) is 12.9. The average Bonchev–Trinajstić information content (AvgIpc) is 3.63. The fraction of sp³-hybridized carbons (Fsp3) is 0.851. The lowest BCUT2D eigenvalue weighted by molar-refractivity contribution is -0.175. The van der Waals surface area contributed by atoms with Crippen molar-refractivity contribution in [1.82, 2.24) is 0 Å². The van der Waals surface area contributed by atoms with Crippen LogP contribution in [-0.4, -0.2) is 23.3 Å². The zero-order valence-electron chi connectivity index (χ0n) is 33.6. The van der Waals surface area contributed by atoms with Crippen molar-refractivity contribution in [1.29, 1.82) is 0 Å². The highest BCUT2D eigenvalue weighted by Crippen LogP contribution is 2.87. The number of aliphatic hydroxyl groups excluding tert-OH is 1. The first-order valence-corrected chi connectivity index (χ1v) is 21.8. The van der Waals surface area contributed by atoms with Gasteiger partial charge in [-0.15, -0.1) is 0 Å². The van der Waals surface area contributed by atoms with Gasteiger partial charge >= 0.3 is 5.97 Å². The molecule has 0 amide bonds. The van der Waals surface area contributed by atoms with E-state index in [0.29, 0.717) is 34.5 Å². The quantitative estimate of drug-likeness (QED) is 0.0598. The Bertz CT molecular complexity index is 1180. The Morgan fingerprint density at radius 3 is 2.38 bits per heavy atom. The molecule has 9 atom stereocenters. The van der Waals surface area contributed by atoms with Gasteiger partial charge in [0.25, 0.3) is 0 Å². The summed E-state index contributed by atoms with van der Waals surface area (Å²) in [5, 5.41) is 9.97. The second-order valence-electron chi connectivity index (χ2n) is 19.3. The maximum atomic E-state index is 13.1. The van der Waals surface area contributed by atoms with Crippen molar-refractivity contribution in [2.45, 2.75) is 201 Å². The highest BCUT2D eigenvalue weighted by atomic mass is 16.5. The molecule has 0 bridgehead atoms. The first kappa shape index (κ1) is 39.8. The van der Waals surface area contributed by atoms with Gasteiger partial charge in [-0.1, -0.05) is 117 Å². The number of unbranched alkanes of at least 4 members (excludes halogenated alkanes) is 7. The van der Waals surface area contributed by atoms with Crippen LogP contribution in [0.1, 0.15) is 189 Å². The number of carbonyl (C=O) groups is 1. The van der Waals surface area contributed by atoms with E-state index >= 15 is 0 Å². The summed E-state index contributed by atoms with van der Waals surface area (Å²) in [7, 11) is 0. The van der Waals surface area contributed by atoms with E-state index in [9.17, 15) is 9.90 Å². The molecule has 1 N–H and O–H groups in total. The second-order valence-corrected chi connectivity index (χ2v) is 19.3. The molecule has 3 heteroatoms. The number of esters is 1. The predicted molar refractivity (Wildman–Crippen MR) is 211 cm³/mol. The van der Waals surface area contributed by atoms with E-state index in [1.54, 1.807) is 0 Å². The SMILES string of the molecule is C=C(CCC[C@H]1CC[C@@H]2[C@@H]3CC[C@H]4C(C)(C)[C@@H](OC(=O)CCCCCCC/C=C/C=C/[C@H](O)CCCCC)CC[C@@]45C[C@@]35CC[C@]12C)C(C)C. The zero-order valence-corrected chi connectivity index (χ0v) is 33.6. The molecule has 50 heavy (non-hydrogen) atoms. The Morgan fingerprint density at radius 1 is 0.840 bits per heavy atom. The molecule has 0 aromatic heterocycles. The van der Waals surface area contributed by atoms with Crippen LogP contribution in [0.3, 0.4) is 0 Å². The third-order valence-electron chi connectivity index (χ3n) is 16.0. The highest BCUT2D eigenvalue weighted by molar-refractivity contribution is 5.69. The van der Waals surface area contributed by atoms with Crippen LogP contribution in [-0.2, 0) is 9.53 Å². The average molecular weight is 691 g/mol. The van der Waals surface area contributed by atoms with Crippen LogP contribution in [0.2, 0.25) is 0 Å². The Hall–Kier alpha value is -1.35. The molecule has 284 valence electrons. The lowest BCUT2D eigenvalue weighted by Crippen LogP contribution is -2.55. The van der Waals surface area contributed by atoms with E-state index < -0.39 is 0 Å². The van der Waals surface area contributed by atoms with Crippen molar-refractivity contribution in [2.24, 2.45) is 51.2 Å². The molecule has 0 aromatic rings. The van der Waals surface area contributed by atoms with Gasteiger partial charge in [0.1, 0.15) is 6.10 Å². The van der Waals surface area contributed by atoms with E-state index in [1.807, 2.05) is 12.2 Å². The number of aliphatic hydroxyl groups is 1. The zero-order chi connectivity index (χ0) is 36.0. The van der Waals surface area contributed by atoms with Crippen molar-refractivity contribution >= 4 is 5.97 Å². The standard InChI is InChI=1S/C47H78O3/c1-8-9-17-23-38(48)24-18-15-13-11-10-12-14-16-19-25-43(49)50-42-30-31-47-34-46(47)33-32-45(7)37(22-20-21-36(4)35(2)3)26-27-39(45)40(46)28-29-41(47)44(42,5)6/h13,15,18,24,35,37-42,48H,4,8-12,14,16-17,19-23,25-34H2,1-3,5-7H3/b15-13+,24-18+/t37-,38+,39+,40-,41-,42-,45+,46-,47+/m0/s1. The molecular weight excluding hydrogens is 613 g/mol. The van der Waals surface area contributed by atoms with Gasteiger partial charge in [0.05, 0.1) is 6.10 Å². The Balaban J connectivity index is 1.01. The summed E-state index contributed by atoms with van der Waals surface area (Å²) in [6.45, 7) is 18.8.